The predicted octanol–water partition coefficient (Wildman–Crippen LogP) is 4.35. The lowest BCUT2D eigenvalue weighted by Gasteiger charge is -2.32. The summed E-state index contributed by atoms with van der Waals surface area (Å²) in [6.07, 6.45) is -4.58. The number of anilines is 2. The van der Waals surface area contributed by atoms with Crippen LogP contribution >= 0.6 is 11.8 Å². The second-order valence-electron chi connectivity index (χ2n) is 6.37. The van der Waals surface area contributed by atoms with Crippen LogP contribution in [0.4, 0.5) is 24.5 Å². The molecule has 1 heterocycles. The molecule has 0 spiro atoms. The van der Waals surface area contributed by atoms with Crippen molar-refractivity contribution in [1.29, 1.82) is 0 Å². The zero-order valence-corrected chi connectivity index (χ0v) is 16.6. The molecule has 2 aromatic rings. The van der Waals surface area contributed by atoms with E-state index in [-0.39, 0.29) is 21.7 Å². The number of halogens is 3. The average Bonchev–Trinajstić information content (AvgIpc) is 2.59. The van der Waals surface area contributed by atoms with Gasteiger partial charge < -0.3 is 4.90 Å². The first-order valence-corrected chi connectivity index (χ1v) is 10.6. The van der Waals surface area contributed by atoms with Gasteiger partial charge >= 0.3 is 6.18 Å². The highest BCUT2D eigenvalue weighted by Crippen LogP contribution is 2.40. The Morgan fingerprint density at radius 2 is 1.93 bits per heavy atom. The van der Waals surface area contributed by atoms with Crippen molar-refractivity contribution in [3.63, 3.8) is 0 Å². The van der Waals surface area contributed by atoms with Crippen LogP contribution in [0, 0.1) is 0 Å². The number of fused-ring (bicyclic) bond motifs is 1. The van der Waals surface area contributed by atoms with Crippen molar-refractivity contribution in [2.45, 2.75) is 35.1 Å². The van der Waals surface area contributed by atoms with E-state index in [0.29, 0.717) is 12.2 Å². The van der Waals surface area contributed by atoms with Gasteiger partial charge in [-0.3, -0.25) is 9.52 Å². The number of carbonyl (C=O) groups is 1. The molecule has 28 heavy (non-hydrogen) atoms. The van der Waals surface area contributed by atoms with E-state index in [9.17, 15) is 26.4 Å². The Labute approximate surface area is 165 Å². The zero-order valence-electron chi connectivity index (χ0n) is 14.9. The van der Waals surface area contributed by atoms with Crippen molar-refractivity contribution in [3.05, 3.63) is 48.0 Å². The van der Waals surface area contributed by atoms with Gasteiger partial charge in [-0.25, -0.2) is 8.42 Å². The summed E-state index contributed by atoms with van der Waals surface area (Å²) in [7, 11) is -4.14. The number of thioether (sulfide) groups is 1. The third-order valence-electron chi connectivity index (χ3n) is 4.12. The molecular weight excluding hydrogens is 413 g/mol. The fourth-order valence-electron chi connectivity index (χ4n) is 2.86. The van der Waals surface area contributed by atoms with Crippen LogP contribution in [0.15, 0.2) is 52.3 Å². The Morgan fingerprint density at radius 1 is 1.21 bits per heavy atom. The summed E-state index contributed by atoms with van der Waals surface area (Å²) in [4.78, 5) is 14.1. The van der Waals surface area contributed by atoms with Crippen LogP contribution in [0.1, 0.15) is 19.4 Å². The molecule has 1 aliphatic rings. The molecule has 0 radical (unpaired) electrons. The number of carbonyl (C=O) groups excluding carboxylic acids is 1. The molecule has 0 fully saturated rings. The Balaban J connectivity index is 1.95. The summed E-state index contributed by atoms with van der Waals surface area (Å²) in [5, 5.41) is 0.155. The summed E-state index contributed by atoms with van der Waals surface area (Å²) in [5.74, 6) is -0.214. The quantitative estimate of drug-likeness (QED) is 0.786. The normalized spacial score (nSPS) is 17.2. The van der Waals surface area contributed by atoms with E-state index in [1.54, 1.807) is 6.07 Å². The largest absolute Gasteiger partial charge is 0.416 e. The van der Waals surface area contributed by atoms with Gasteiger partial charge in [0.15, 0.2) is 0 Å². The van der Waals surface area contributed by atoms with Crippen molar-refractivity contribution in [3.8, 4) is 0 Å². The number of alkyl halides is 3. The van der Waals surface area contributed by atoms with Gasteiger partial charge in [0, 0.05) is 29.3 Å². The monoisotopic (exact) mass is 430 g/mol. The van der Waals surface area contributed by atoms with Gasteiger partial charge in [-0.1, -0.05) is 13.0 Å². The highest BCUT2D eigenvalue weighted by atomic mass is 32.2. The molecule has 0 bridgehead atoms. The van der Waals surface area contributed by atoms with E-state index in [1.807, 2.05) is 6.92 Å². The Bertz CT molecular complexity index is 1020. The molecule has 0 aliphatic carbocycles. The number of rotatable bonds is 3. The smallest absolute Gasteiger partial charge is 0.310 e. The van der Waals surface area contributed by atoms with E-state index in [4.69, 9.17) is 0 Å². The van der Waals surface area contributed by atoms with Crippen molar-refractivity contribution < 1.29 is 26.4 Å². The van der Waals surface area contributed by atoms with Gasteiger partial charge in [0.2, 0.25) is 5.91 Å². The topological polar surface area (TPSA) is 66.5 Å². The summed E-state index contributed by atoms with van der Waals surface area (Å²) in [6.45, 7) is 3.80. The molecule has 5 nitrogen and oxygen atoms in total. The highest BCUT2D eigenvalue weighted by Gasteiger charge is 2.31. The highest BCUT2D eigenvalue weighted by molar-refractivity contribution is 8.00. The van der Waals surface area contributed by atoms with E-state index in [1.165, 1.54) is 41.8 Å². The number of amides is 1. The Morgan fingerprint density at radius 3 is 2.57 bits per heavy atom. The second-order valence-corrected chi connectivity index (χ2v) is 9.53. The van der Waals surface area contributed by atoms with Crippen LogP contribution in [0.2, 0.25) is 0 Å². The number of benzene rings is 2. The van der Waals surface area contributed by atoms with Gasteiger partial charge in [0.25, 0.3) is 10.0 Å². The van der Waals surface area contributed by atoms with E-state index >= 15 is 0 Å². The maximum atomic E-state index is 12.8. The van der Waals surface area contributed by atoms with Crippen LogP contribution in [0.3, 0.4) is 0 Å². The maximum Gasteiger partial charge on any atom is 0.416 e. The van der Waals surface area contributed by atoms with Crippen LogP contribution in [0.25, 0.3) is 0 Å². The van der Waals surface area contributed by atoms with E-state index in [0.717, 1.165) is 23.1 Å². The summed E-state index contributed by atoms with van der Waals surface area (Å²) < 4.78 is 66.1. The maximum absolute atomic E-state index is 12.8. The molecule has 1 aliphatic heterocycles. The van der Waals surface area contributed by atoms with Crippen LogP contribution < -0.4 is 9.62 Å². The molecule has 2 aromatic carbocycles. The number of hydrogen-bond donors (Lipinski definition) is 1. The second kappa shape index (κ2) is 7.32. The molecular formula is C18H17F3N2O3S2. The number of nitrogens with zero attached hydrogens (tertiary/aromatic N) is 1. The van der Waals surface area contributed by atoms with Crippen LogP contribution in [-0.4, -0.2) is 26.1 Å². The number of sulfonamides is 1. The lowest BCUT2D eigenvalue weighted by atomic mass is 10.2. The molecule has 0 saturated carbocycles. The van der Waals surface area contributed by atoms with Gasteiger partial charge in [-0.05, 0) is 36.4 Å². The average molecular weight is 430 g/mol. The van der Waals surface area contributed by atoms with Crippen molar-refractivity contribution in [2.24, 2.45) is 0 Å². The lowest BCUT2D eigenvalue weighted by Crippen LogP contribution is -2.37. The van der Waals surface area contributed by atoms with E-state index < -0.39 is 21.8 Å². The third kappa shape index (κ3) is 4.27. The number of hydrogen-bond acceptors (Lipinski definition) is 4. The van der Waals surface area contributed by atoms with Crippen LogP contribution in [0.5, 0.6) is 0 Å². The molecule has 1 amide bonds. The first kappa shape index (κ1) is 20.5. The first-order chi connectivity index (χ1) is 13.0. The summed E-state index contributed by atoms with van der Waals surface area (Å²) in [6, 6.07) is 8.30. The fourth-order valence-corrected chi connectivity index (χ4v) is 5.02. The lowest BCUT2D eigenvalue weighted by molar-refractivity contribution is -0.137. The molecule has 1 atom stereocenters. The first-order valence-electron chi connectivity index (χ1n) is 8.26. The standard InChI is InChI=1S/C18H17F3N2O3S2/c1-11-10-23(12(2)24)16-9-15(6-7-17(16)27-11)28(25,26)22-14-5-3-4-13(8-14)18(19,20)21/h3-9,11,22H,10H2,1-2H3/t11-/m0/s1. The minimum absolute atomic E-state index is 0.134. The molecule has 0 aromatic heterocycles. The summed E-state index contributed by atoms with van der Waals surface area (Å²) in [5.41, 5.74) is -0.673. The molecule has 3 rings (SSSR count). The predicted molar refractivity (Wildman–Crippen MR) is 102 cm³/mol. The van der Waals surface area contributed by atoms with Crippen molar-refractivity contribution in [1.82, 2.24) is 0 Å². The van der Waals surface area contributed by atoms with Gasteiger partial charge in [0.05, 0.1) is 16.1 Å². The minimum Gasteiger partial charge on any atom is -0.310 e. The minimum atomic E-state index is -4.58. The number of nitrogens with one attached hydrogen (secondary N) is 1. The molecule has 0 saturated heterocycles. The Hall–Kier alpha value is -2.20. The van der Waals surface area contributed by atoms with Gasteiger partial charge in [0.1, 0.15) is 0 Å². The zero-order chi connectivity index (χ0) is 20.7. The van der Waals surface area contributed by atoms with Crippen molar-refractivity contribution in [2.75, 3.05) is 16.2 Å². The van der Waals surface area contributed by atoms with E-state index in [2.05, 4.69) is 4.72 Å². The Kier molecular flexibility index (Phi) is 5.37. The fraction of sp³-hybridized carbons (Fsp3) is 0.278. The molecule has 10 heteroatoms. The summed E-state index contributed by atoms with van der Waals surface area (Å²) >= 11 is 1.53. The third-order valence-corrected chi connectivity index (χ3v) is 6.65. The molecule has 0 unspecified atom stereocenters. The van der Waals surface area contributed by atoms with Gasteiger partial charge in [-0.15, -0.1) is 11.8 Å². The molecule has 150 valence electrons. The van der Waals surface area contributed by atoms with Crippen LogP contribution in [-0.2, 0) is 21.0 Å². The molecule has 1 N–H and O–H groups in total. The van der Waals surface area contributed by atoms with Gasteiger partial charge in [-0.2, -0.15) is 13.2 Å². The van der Waals surface area contributed by atoms with Crippen molar-refractivity contribution >= 4 is 39.1 Å². The SMILES string of the molecule is CC(=O)N1C[C@H](C)Sc2ccc(S(=O)(=O)Nc3cccc(C(F)(F)F)c3)cc21.